The molecule has 2 nitrogen and oxygen atoms in total. The summed E-state index contributed by atoms with van der Waals surface area (Å²) in [6.45, 7) is 11.9. The maximum Gasteiger partial charge on any atom is 0.0626 e. The molecule has 0 atom stereocenters. The Bertz CT molecular complexity index is 544. The van der Waals surface area contributed by atoms with Crippen molar-refractivity contribution in [2.24, 2.45) is 10.4 Å². The fourth-order valence-corrected chi connectivity index (χ4v) is 3.22. The summed E-state index contributed by atoms with van der Waals surface area (Å²) in [6.07, 6.45) is 16.7. The summed E-state index contributed by atoms with van der Waals surface area (Å²) in [5, 5.41) is 8.68. The van der Waals surface area contributed by atoms with Gasteiger partial charge in [0.2, 0.25) is 0 Å². The molecule has 0 amide bonds. The minimum absolute atomic E-state index is 0.115. The van der Waals surface area contributed by atoms with E-state index in [1.807, 2.05) is 6.08 Å². The highest BCUT2D eigenvalue weighted by atomic mass is 16.3. The van der Waals surface area contributed by atoms with Crippen LogP contribution in [0.3, 0.4) is 0 Å². The van der Waals surface area contributed by atoms with E-state index in [1.54, 1.807) is 11.8 Å². The van der Waals surface area contributed by atoms with Crippen molar-refractivity contribution in [2.75, 3.05) is 13.2 Å². The van der Waals surface area contributed by atoms with E-state index in [1.165, 1.54) is 36.0 Å². The first-order chi connectivity index (χ1) is 11.4. The lowest BCUT2D eigenvalue weighted by Crippen LogP contribution is -2.19. The Morgan fingerprint density at radius 1 is 1.29 bits per heavy atom. The van der Waals surface area contributed by atoms with E-state index in [0.29, 0.717) is 12.0 Å². The summed E-state index contributed by atoms with van der Waals surface area (Å²) in [7, 11) is 0. The summed E-state index contributed by atoms with van der Waals surface area (Å²) >= 11 is 0. The van der Waals surface area contributed by atoms with Gasteiger partial charge in [0.25, 0.3) is 0 Å². The first-order valence-corrected chi connectivity index (χ1v) is 9.18. The van der Waals surface area contributed by atoms with Gasteiger partial charge in [0.15, 0.2) is 0 Å². The Kier molecular flexibility index (Phi) is 8.99. The second kappa shape index (κ2) is 10.5. The predicted octanol–water partition coefficient (Wildman–Crippen LogP) is 5.81. The molecule has 0 aromatic heterocycles. The number of aliphatic imine (C=N–C) groups is 1. The third-order valence-electron chi connectivity index (χ3n) is 4.75. The molecule has 0 heterocycles. The van der Waals surface area contributed by atoms with E-state index >= 15 is 0 Å². The van der Waals surface area contributed by atoms with E-state index in [-0.39, 0.29) is 6.61 Å². The fraction of sp³-hybridized carbons (Fsp3) is 0.591. The van der Waals surface area contributed by atoms with Crippen LogP contribution in [0.2, 0.25) is 0 Å². The van der Waals surface area contributed by atoms with Crippen molar-refractivity contribution in [2.45, 2.75) is 66.7 Å². The Morgan fingerprint density at radius 2 is 2.04 bits per heavy atom. The smallest absolute Gasteiger partial charge is 0.0626 e. The van der Waals surface area contributed by atoms with Gasteiger partial charge < -0.3 is 5.11 Å². The molecule has 24 heavy (non-hydrogen) atoms. The van der Waals surface area contributed by atoms with Crippen LogP contribution in [0.4, 0.5) is 0 Å². The molecule has 134 valence electrons. The van der Waals surface area contributed by atoms with Gasteiger partial charge in [0.1, 0.15) is 0 Å². The van der Waals surface area contributed by atoms with Crippen LogP contribution in [-0.2, 0) is 0 Å². The third-order valence-corrected chi connectivity index (χ3v) is 4.75. The zero-order valence-corrected chi connectivity index (χ0v) is 16.2. The molecule has 0 saturated carbocycles. The van der Waals surface area contributed by atoms with Crippen LogP contribution in [0.15, 0.2) is 51.6 Å². The summed E-state index contributed by atoms with van der Waals surface area (Å²) in [5.41, 5.74) is 6.04. The van der Waals surface area contributed by atoms with Gasteiger partial charge in [-0.3, -0.25) is 4.99 Å². The zero-order valence-electron chi connectivity index (χ0n) is 16.2. The van der Waals surface area contributed by atoms with Crippen LogP contribution in [0, 0.1) is 5.41 Å². The minimum atomic E-state index is 0.115. The Morgan fingerprint density at radius 3 is 2.71 bits per heavy atom. The monoisotopic (exact) mass is 329 g/mol. The number of nitrogens with zero attached hydrogens (tertiary/aromatic N) is 1. The van der Waals surface area contributed by atoms with Gasteiger partial charge in [-0.25, -0.2) is 0 Å². The van der Waals surface area contributed by atoms with Crippen molar-refractivity contribution in [1.82, 2.24) is 0 Å². The molecule has 1 aliphatic rings. The minimum Gasteiger partial charge on any atom is -0.394 e. The second-order valence-corrected chi connectivity index (χ2v) is 7.54. The first-order valence-electron chi connectivity index (χ1n) is 9.18. The molecule has 0 aliphatic heterocycles. The quantitative estimate of drug-likeness (QED) is 0.442. The number of hydrogen-bond acceptors (Lipinski definition) is 2. The van der Waals surface area contributed by atoms with E-state index in [4.69, 9.17) is 5.11 Å². The molecule has 0 spiro atoms. The maximum absolute atomic E-state index is 8.68. The van der Waals surface area contributed by atoms with Crippen molar-refractivity contribution < 1.29 is 5.11 Å². The highest BCUT2D eigenvalue weighted by molar-refractivity contribution is 5.71. The number of aliphatic hydroxyl groups is 1. The van der Waals surface area contributed by atoms with E-state index < -0.39 is 0 Å². The standard InChI is InChI=1S/C22H35NO/c1-18(8-6-9-19(2)13-15-23-16-17-24)11-12-21-20(3)10-7-14-22(21,4)5/h8,11-13,15,24H,6-7,9-10,14,16-17H2,1-5H3/b12-11+,18-8+,19-13?,23-15?. The lowest BCUT2D eigenvalue weighted by molar-refractivity contribution is 0.307. The lowest BCUT2D eigenvalue weighted by atomic mass is 9.72. The van der Waals surface area contributed by atoms with Gasteiger partial charge in [-0.1, -0.05) is 48.8 Å². The number of rotatable bonds is 8. The van der Waals surface area contributed by atoms with Crippen molar-refractivity contribution in [3.63, 3.8) is 0 Å². The van der Waals surface area contributed by atoms with Gasteiger partial charge in [-0.05, 0) is 69.9 Å². The molecule has 0 unspecified atom stereocenters. The SMILES string of the molecule is CC(=CC=NCCO)CC/C=C(C)/C=C/C1=C(C)CCCC1(C)C. The highest BCUT2D eigenvalue weighted by Crippen LogP contribution is 2.40. The molecule has 0 aromatic carbocycles. The normalized spacial score (nSPS) is 19.8. The summed E-state index contributed by atoms with van der Waals surface area (Å²) in [5.74, 6) is 0. The summed E-state index contributed by atoms with van der Waals surface area (Å²) in [4.78, 5) is 4.09. The molecule has 1 N–H and O–H groups in total. The van der Waals surface area contributed by atoms with E-state index in [2.05, 4.69) is 57.8 Å². The maximum atomic E-state index is 8.68. The number of aliphatic hydroxyl groups excluding tert-OH is 1. The molecular formula is C22H35NO. The number of allylic oxidation sites excluding steroid dienone is 8. The van der Waals surface area contributed by atoms with E-state index in [0.717, 1.165) is 12.8 Å². The lowest BCUT2D eigenvalue weighted by Gasteiger charge is -2.32. The van der Waals surface area contributed by atoms with Gasteiger partial charge >= 0.3 is 0 Å². The highest BCUT2D eigenvalue weighted by Gasteiger charge is 2.26. The summed E-state index contributed by atoms with van der Waals surface area (Å²) in [6, 6.07) is 0. The molecule has 0 radical (unpaired) electrons. The predicted molar refractivity (Wildman–Crippen MR) is 107 cm³/mol. The van der Waals surface area contributed by atoms with Gasteiger partial charge in [0.05, 0.1) is 13.2 Å². The third kappa shape index (κ3) is 7.44. The molecule has 0 aromatic rings. The van der Waals surface area contributed by atoms with Crippen LogP contribution in [0.1, 0.15) is 66.7 Å². The summed E-state index contributed by atoms with van der Waals surface area (Å²) < 4.78 is 0. The molecule has 1 aliphatic carbocycles. The van der Waals surface area contributed by atoms with Crippen molar-refractivity contribution in [1.29, 1.82) is 0 Å². The number of hydrogen-bond donors (Lipinski definition) is 1. The van der Waals surface area contributed by atoms with Gasteiger partial charge in [-0.15, -0.1) is 0 Å². The molecule has 2 heteroatoms. The second-order valence-electron chi connectivity index (χ2n) is 7.54. The molecule has 0 saturated heterocycles. The Hall–Kier alpha value is -1.41. The Labute approximate surface area is 148 Å². The first kappa shape index (κ1) is 20.6. The average Bonchev–Trinajstić information content (AvgIpc) is 2.50. The van der Waals surface area contributed by atoms with Crippen LogP contribution < -0.4 is 0 Å². The van der Waals surface area contributed by atoms with Crippen LogP contribution in [0.5, 0.6) is 0 Å². The average molecular weight is 330 g/mol. The Balaban J connectivity index is 2.55. The van der Waals surface area contributed by atoms with Gasteiger partial charge in [-0.2, -0.15) is 0 Å². The zero-order chi connectivity index (χ0) is 18.0. The fourth-order valence-electron chi connectivity index (χ4n) is 3.22. The molecule has 1 rings (SSSR count). The topological polar surface area (TPSA) is 32.6 Å². The largest absolute Gasteiger partial charge is 0.394 e. The van der Waals surface area contributed by atoms with Crippen molar-refractivity contribution >= 4 is 6.21 Å². The van der Waals surface area contributed by atoms with Crippen LogP contribution in [0.25, 0.3) is 0 Å². The molecule has 0 bridgehead atoms. The van der Waals surface area contributed by atoms with Crippen LogP contribution in [-0.4, -0.2) is 24.5 Å². The molecule has 0 fully saturated rings. The van der Waals surface area contributed by atoms with E-state index in [9.17, 15) is 0 Å². The molecular weight excluding hydrogens is 294 g/mol. The van der Waals surface area contributed by atoms with Gasteiger partial charge in [0, 0.05) is 6.21 Å². The van der Waals surface area contributed by atoms with Crippen molar-refractivity contribution in [3.05, 3.63) is 46.6 Å². The van der Waals surface area contributed by atoms with Crippen LogP contribution >= 0.6 is 0 Å². The van der Waals surface area contributed by atoms with Crippen molar-refractivity contribution in [3.8, 4) is 0 Å².